The Morgan fingerprint density at radius 2 is 1.60 bits per heavy atom. The van der Waals surface area contributed by atoms with Crippen molar-refractivity contribution in [2.75, 3.05) is 0 Å². The first-order valence-corrected chi connectivity index (χ1v) is 6.03. The number of rotatable bonds is 3. The van der Waals surface area contributed by atoms with Crippen LogP contribution in [-0.2, 0) is 0 Å². The molecule has 0 heterocycles. The molecular weight excluding hydrogens is 267 g/mol. The van der Waals surface area contributed by atoms with E-state index in [9.17, 15) is 13.2 Å². The van der Waals surface area contributed by atoms with Crippen molar-refractivity contribution >= 4 is 0 Å². The van der Waals surface area contributed by atoms with Gasteiger partial charge in [0.05, 0.1) is 6.04 Å². The van der Waals surface area contributed by atoms with Gasteiger partial charge in [0, 0.05) is 5.56 Å². The van der Waals surface area contributed by atoms with Crippen molar-refractivity contribution < 1.29 is 17.9 Å². The normalized spacial score (nSPS) is 13.1. The highest BCUT2D eigenvalue weighted by Crippen LogP contribution is 2.32. The Kier molecular flexibility index (Phi) is 3.99. The van der Waals surface area contributed by atoms with E-state index in [1.807, 2.05) is 19.1 Å². The first-order chi connectivity index (χ1) is 9.37. The second-order valence-corrected chi connectivity index (χ2v) is 4.47. The third kappa shape index (κ3) is 3.51. The molecule has 2 nitrogen and oxygen atoms in total. The lowest BCUT2D eigenvalue weighted by molar-refractivity contribution is -0.274. The largest absolute Gasteiger partial charge is 0.573 e. The van der Waals surface area contributed by atoms with Crippen LogP contribution in [0.1, 0.15) is 22.7 Å². The van der Waals surface area contributed by atoms with Gasteiger partial charge in [-0.15, -0.1) is 13.2 Å². The van der Waals surface area contributed by atoms with E-state index >= 15 is 0 Å². The lowest BCUT2D eigenvalue weighted by atomic mass is 9.98. The monoisotopic (exact) mass is 281 g/mol. The molecule has 0 aromatic heterocycles. The van der Waals surface area contributed by atoms with E-state index in [0.717, 1.165) is 11.1 Å². The standard InChI is InChI=1S/C15H14F3NO/c1-10-6-8-11(9-7-10)14(19)12-4-2-3-5-13(12)20-15(16,17)18/h2-9,14H,19H2,1H3. The highest BCUT2D eigenvalue weighted by Gasteiger charge is 2.32. The van der Waals surface area contributed by atoms with Crippen LogP contribution in [0, 0.1) is 6.92 Å². The molecule has 2 aromatic rings. The average Bonchev–Trinajstić information content (AvgIpc) is 2.37. The lowest BCUT2D eigenvalue weighted by Gasteiger charge is -2.18. The maximum Gasteiger partial charge on any atom is 0.573 e. The highest BCUT2D eigenvalue weighted by molar-refractivity contribution is 5.41. The summed E-state index contributed by atoms with van der Waals surface area (Å²) in [7, 11) is 0. The number of aryl methyl sites for hydroxylation is 1. The molecule has 0 saturated heterocycles. The number of ether oxygens (including phenoxy) is 1. The quantitative estimate of drug-likeness (QED) is 0.924. The zero-order valence-corrected chi connectivity index (χ0v) is 10.8. The Morgan fingerprint density at radius 1 is 1.00 bits per heavy atom. The number of alkyl halides is 3. The number of hydrogen-bond donors (Lipinski definition) is 1. The van der Waals surface area contributed by atoms with Crippen LogP contribution in [0.4, 0.5) is 13.2 Å². The van der Waals surface area contributed by atoms with Crippen LogP contribution in [0.2, 0.25) is 0 Å². The Bertz CT molecular complexity index is 578. The molecule has 2 aromatic carbocycles. The second-order valence-electron chi connectivity index (χ2n) is 4.47. The summed E-state index contributed by atoms with van der Waals surface area (Å²) in [5.41, 5.74) is 8.13. The Balaban J connectivity index is 2.34. The van der Waals surface area contributed by atoms with Gasteiger partial charge in [0.1, 0.15) is 5.75 Å². The van der Waals surface area contributed by atoms with Crippen LogP contribution >= 0.6 is 0 Å². The maximum absolute atomic E-state index is 12.4. The summed E-state index contributed by atoms with van der Waals surface area (Å²) in [5.74, 6) is -0.270. The van der Waals surface area contributed by atoms with Crippen LogP contribution in [0.25, 0.3) is 0 Å². The van der Waals surface area contributed by atoms with Gasteiger partial charge in [0.25, 0.3) is 0 Å². The van der Waals surface area contributed by atoms with Crippen LogP contribution in [0.5, 0.6) is 5.75 Å². The smallest absolute Gasteiger partial charge is 0.405 e. The van der Waals surface area contributed by atoms with Gasteiger partial charge in [0.15, 0.2) is 0 Å². The van der Waals surface area contributed by atoms with E-state index in [2.05, 4.69) is 4.74 Å². The SMILES string of the molecule is Cc1ccc(C(N)c2ccccc2OC(F)(F)F)cc1. The summed E-state index contributed by atoms with van der Waals surface area (Å²) < 4.78 is 41.2. The number of para-hydroxylation sites is 1. The summed E-state index contributed by atoms with van der Waals surface area (Å²) in [4.78, 5) is 0. The molecule has 0 saturated carbocycles. The Labute approximate surface area is 115 Å². The molecular formula is C15H14F3NO. The van der Waals surface area contributed by atoms with Crippen LogP contribution in [-0.4, -0.2) is 6.36 Å². The Hall–Kier alpha value is -2.01. The van der Waals surface area contributed by atoms with E-state index in [-0.39, 0.29) is 5.75 Å². The van der Waals surface area contributed by atoms with Crippen LogP contribution in [0.3, 0.4) is 0 Å². The van der Waals surface area contributed by atoms with Crippen molar-refractivity contribution in [1.82, 2.24) is 0 Å². The number of benzene rings is 2. The van der Waals surface area contributed by atoms with E-state index in [1.165, 1.54) is 18.2 Å². The minimum absolute atomic E-state index is 0.270. The van der Waals surface area contributed by atoms with Gasteiger partial charge in [-0.2, -0.15) is 0 Å². The molecule has 0 aliphatic carbocycles. The molecule has 1 unspecified atom stereocenters. The summed E-state index contributed by atoms with van der Waals surface area (Å²) in [5, 5.41) is 0. The van der Waals surface area contributed by atoms with Crippen molar-refractivity contribution in [3.05, 3.63) is 65.2 Å². The zero-order valence-electron chi connectivity index (χ0n) is 10.8. The van der Waals surface area contributed by atoms with Crippen LogP contribution in [0.15, 0.2) is 48.5 Å². The van der Waals surface area contributed by atoms with E-state index in [4.69, 9.17) is 5.73 Å². The second kappa shape index (κ2) is 5.54. The fourth-order valence-corrected chi connectivity index (χ4v) is 1.91. The van der Waals surface area contributed by atoms with Gasteiger partial charge in [-0.25, -0.2) is 0 Å². The lowest BCUT2D eigenvalue weighted by Crippen LogP contribution is -2.20. The molecule has 0 bridgehead atoms. The summed E-state index contributed by atoms with van der Waals surface area (Å²) in [6.07, 6.45) is -4.73. The van der Waals surface area contributed by atoms with Crippen LogP contribution < -0.4 is 10.5 Å². The first-order valence-electron chi connectivity index (χ1n) is 6.03. The highest BCUT2D eigenvalue weighted by atomic mass is 19.4. The molecule has 1 atom stereocenters. The summed E-state index contributed by atoms with van der Waals surface area (Å²) >= 11 is 0. The molecule has 20 heavy (non-hydrogen) atoms. The molecule has 0 radical (unpaired) electrons. The van der Waals surface area contributed by atoms with E-state index in [1.54, 1.807) is 18.2 Å². The van der Waals surface area contributed by atoms with Gasteiger partial charge in [-0.05, 0) is 18.6 Å². The minimum atomic E-state index is -4.73. The van der Waals surface area contributed by atoms with Gasteiger partial charge in [-0.3, -0.25) is 0 Å². The fraction of sp³-hybridized carbons (Fsp3) is 0.200. The molecule has 0 aliphatic rings. The van der Waals surface area contributed by atoms with Gasteiger partial charge < -0.3 is 10.5 Å². The molecule has 2 N–H and O–H groups in total. The molecule has 2 rings (SSSR count). The van der Waals surface area contributed by atoms with Crippen molar-refractivity contribution in [1.29, 1.82) is 0 Å². The predicted octanol–water partition coefficient (Wildman–Crippen LogP) is 3.94. The maximum atomic E-state index is 12.4. The molecule has 5 heteroatoms. The minimum Gasteiger partial charge on any atom is -0.405 e. The number of halogens is 3. The van der Waals surface area contributed by atoms with Crippen molar-refractivity contribution in [2.45, 2.75) is 19.3 Å². The zero-order chi connectivity index (χ0) is 14.8. The third-order valence-electron chi connectivity index (χ3n) is 2.92. The number of hydrogen-bond acceptors (Lipinski definition) is 2. The van der Waals surface area contributed by atoms with Gasteiger partial charge >= 0.3 is 6.36 Å². The molecule has 0 aliphatic heterocycles. The van der Waals surface area contributed by atoms with Crippen molar-refractivity contribution in [3.63, 3.8) is 0 Å². The summed E-state index contributed by atoms with van der Waals surface area (Å²) in [6.45, 7) is 1.93. The number of nitrogens with two attached hydrogens (primary N) is 1. The molecule has 106 valence electrons. The molecule has 0 fully saturated rings. The fourth-order valence-electron chi connectivity index (χ4n) is 1.91. The predicted molar refractivity (Wildman–Crippen MR) is 70.3 cm³/mol. The Morgan fingerprint density at radius 3 is 2.20 bits per heavy atom. The first kappa shape index (κ1) is 14.4. The van der Waals surface area contributed by atoms with E-state index in [0.29, 0.717) is 5.56 Å². The molecule has 0 amide bonds. The molecule has 0 spiro atoms. The summed E-state index contributed by atoms with van der Waals surface area (Å²) in [6, 6.07) is 12.6. The average molecular weight is 281 g/mol. The van der Waals surface area contributed by atoms with Crippen molar-refractivity contribution in [3.8, 4) is 5.75 Å². The van der Waals surface area contributed by atoms with Gasteiger partial charge in [0.2, 0.25) is 0 Å². The topological polar surface area (TPSA) is 35.2 Å². The van der Waals surface area contributed by atoms with Crippen molar-refractivity contribution in [2.24, 2.45) is 5.73 Å². The third-order valence-corrected chi connectivity index (χ3v) is 2.92. The van der Waals surface area contributed by atoms with Gasteiger partial charge in [-0.1, -0.05) is 48.0 Å². The van der Waals surface area contributed by atoms with E-state index < -0.39 is 12.4 Å².